The van der Waals surface area contributed by atoms with Crippen molar-refractivity contribution in [3.63, 3.8) is 0 Å². The first-order chi connectivity index (χ1) is 11.7. The lowest BCUT2D eigenvalue weighted by Gasteiger charge is -2.28. The number of carbonyl (C=O) groups is 1. The largest absolute Gasteiger partial charge is 0.360 e. The monoisotopic (exact) mass is 324 g/mol. The summed E-state index contributed by atoms with van der Waals surface area (Å²) in [6.07, 6.45) is 4.63. The van der Waals surface area contributed by atoms with Crippen LogP contribution in [-0.2, 0) is 13.0 Å². The Morgan fingerprint density at radius 2 is 2.04 bits per heavy atom. The van der Waals surface area contributed by atoms with Gasteiger partial charge in [0.2, 0.25) is 0 Å². The topological polar surface area (TPSA) is 49.3 Å². The van der Waals surface area contributed by atoms with Crippen LogP contribution in [-0.4, -0.2) is 40.9 Å². The second kappa shape index (κ2) is 7.43. The van der Waals surface area contributed by atoms with Gasteiger partial charge in [-0.15, -0.1) is 0 Å². The molecular weight excluding hydrogens is 300 g/mol. The lowest BCUT2D eigenvalue weighted by molar-refractivity contribution is 0.0728. The zero-order chi connectivity index (χ0) is 16.9. The minimum Gasteiger partial charge on any atom is -0.360 e. The molecule has 0 fully saturated rings. The molecule has 0 N–H and O–H groups in total. The number of rotatable bonds is 5. The molecule has 5 nitrogen and oxygen atoms in total. The number of hydrogen-bond acceptors (Lipinski definition) is 4. The molecule has 2 aromatic rings. The lowest BCUT2D eigenvalue weighted by Crippen LogP contribution is -2.36. The summed E-state index contributed by atoms with van der Waals surface area (Å²) in [6, 6.07) is 10.1. The Kier molecular flexibility index (Phi) is 5.08. The van der Waals surface area contributed by atoms with Crippen LogP contribution in [0.15, 0.2) is 36.7 Å². The number of amides is 1. The van der Waals surface area contributed by atoms with Crippen LogP contribution in [0.4, 0.5) is 5.82 Å². The highest BCUT2D eigenvalue weighted by molar-refractivity contribution is 5.93. The maximum Gasteiger partial charge on any atom is 0.272 e. The van der Waals surface area contributed by atoms with E-state index in [-0.39, 0.29) is 5.91 Å². The van der Waals surface area contributed by atoms with Crippen molar-refractivity contribution in [2.45, 2.75) is 32.7 Å². The quantitative estimate of drug-likeness (QED) is 0.848. The second-order valence-corrected chi connectivity index (χ2v) is 6.28. The number of unbranched alkanes of at least 4 members (excludes halogenated alkanes) is 1. The first-order valence-corrected chi connectivity index (χ1v) is 8.58. The van der Waals surface area contributed by atoms with Gasteiger partial charge in [0, 0.05) is 32.7 Å². The molecule has 1 aromatic heterocycles. The standard InChI is InChI=1S/C19H24N4O/c1-3-4-10-22(2)18-12-17(20-14-21-18)19(24)23-11-9-15-7-5-6-8-16(15)13-23/h5-8,12,14H,3-4,9-11,13H2,1-2H3. The van der Waals surface area contributed by atoms with Gasteiger partial charge in [0.25, 0.3) is 5.91 Å². The molecule has 0 aliphatic carbocycles. The molecule has 126 valence electrons. The summed E-state index contributed by atoms with van der Waals surface area (Å²) in [5, 5.41) is 0. The summed E-state index contributed by atoms with van der Waals surface area (Å²) >= 11 is 0. The van der Waals surface area contributed by atoms with Crippen molar-refractivity contribution in [3.05, 3.63) is 53.5 Å². The first kappa shape index (κ1) is 16.4. The van der Waals surface area contributed by atoms with E-state index in [1.807, 2.05) is 18.0 Å². The van der Waals surface area contributed by atoms with Gasteiger partial charge in [-0.25, -0.2) is 9.97 Å². The predicted octanol–water partition coefficient (Wildman–Crippen LogP) is 2.91. The molecule has 0 atom stereocenters. The van der Waals surface area contributed by atoms with Gasteiger partial charge in [0.1, 0.15) is 17.8 Å². The number of anilines is 1. The van der Waals surface area contributed by atoms with Gasteiger partial charge in [-0.2, -0.15) is 0 Å². The van der Waals surface area contributed by atoms with E-state index in [9.17, 15) is 4.79 Å². The summed E-state index contributed by atoms with van der Waals surface area (Å²) in [5.41, 5.74) is 3.04. The van der Waals surface area contributed by atoms with E-state index in [0.29, 0.717) is 12.2 Å². The van der Waals surface area contributed by atoms with Crippen molar-refractivity contribution in [1.29, 1.82) is 0 Å². The lowest BCUT2D eigenvalue weighted by atomic mass is 10.00. The van der Waals surface area contributed by atoms with Crippen molar-refractivity contribution in [2.75, 3.05) is 25.0 Å². The van der Waals surface area contributed by atoms with Crippen LogP contribution in [0.25, 0.3) is 0 Å². The summed E-state index contributed by atoms with van der Waals surface area (Å²) < 4.78 is 0. The van der Waals surface area contributed by atoms with Crippen LogP contribution in [0.3, 0.4) is 0 Å². The molecule has 24 heavy (non-hydrogen) atoms. The van der Waals surface area contributed by atoms with Gasteiger partial charge >= 0.3 is 0 Å². The number of aromatic nitrogens is 2. The molecule has 3 rings (SSSR count). The van der Waals surface area contributed by atoms with Gasteiger partial charge in [-0.3, -0.25) is 4.79 Å². The normalized spacial score (nSPS) is 13.5. The van der Waals surface area contributed by atoms with E-state index in [1.54, 1.807) is 6.07 Å². The third-order valence-electron chi connectivity index (χ3n) is 4.53. The average Bonchev–Trinajstić information content (AvgIpc) is 2.65. The Hall–Kier alpha value is -2.43. The molecule has 0 saturated carbocycles. The zero-order valence-corrected chi connectivity index (χ0v) is 14.4. The van der Waals surface area contributed by atoms with Crippen molar-refractivity contribution >= 4 is 11.7 Å². The van der Waals surface area contributed by atoms with Gasteiger partial charge < -0.3 is 9.80 Å². The number of hydrogen-bond donors (Lipinski definition) is 0. The van der Waals surface area contributed by atoms with Crippen LogP contribution in [0.5, 0.6) is 0 Å². The molecule has 1 aliphatic rings. The summed E-state index contributed by atoms with van der Waals surface area (Å²) in [4.78, 5) is 25.3. The Bertz CT molecular complexity index is 716. The number of carbonyl (C=O) groups excluding carboxylic acids is 1. The fourth-order valence-electron chi connectivity index (χ4n) is 3.01. The summed E-state index contributed by atoms with van der Waals surface area (Å²) in [6.45, 7) is 4.48. The van der Waals surface area contributed by atoms with E-state index in [2.05, 4.69) is 40.0 Å². The number of nitrogens with zero attached hydrogens (tertiary/aromatic N) is 4. The SMILES string of the molecule is CCCCN(C)c1cc(C(=O)N2CCc3ccccc3C2)ncn1. The van der Waals surface area contributed by atoms with Crippen LogP contribution in [0.1, 0.15) is 41.4 Å². The Morgan fingerprint density at radius 3 is 2.83 bits per heavy atom. The second-order valence-electron chi connectivity index (χ2n) is 6.28. The molecular formula is C19H24N4O. The number of fused-ring (bicyclic) bond motifs is 1. The first-order valence-electron chi connectivity index (χ1n) is 8.58. The van der Waals surface area contributed by atoms with Crippen LogP contribution >= 0.6 is 0 Å². The Labute approximate surface area is 143 Å². The fraction of sp³-hybridized carbons (Fsp3) is 0.421. The van der Waals surface area contributed by atoms with Gasteiger partial charge in [0.05, 0.1) is 0 Å². The maximum atomic E-state index is 12.8. The van der Waals surface area contributed by atoms with Gasteiger partial charge in [0.15, 0.2) is 0 Å². The molecule has 1 amide bonds. The van der Waals surface area contributed by atoms with Gasteiger partial charge in [-0.1, -0.05) is 37.6 Å². The van der Waals surface area contributed by atoms with Crippen LogP contribution < -0.4 is 4.90 Å². The van der Waals surface area contributed by atoms with Crippen LogP contribution in [0.2, 0.25) is 0 Å². The highest BCUT2D eigenvalue weighted by Crippen LogP contribution is 2.20. The van der Waals surface area contributed by atoms with Gasteiger partial charge in [-0.05, 0) is 24.0 Å². The van der Waals surface area contributed by atoms with E-state index in [0.717, 1.165) is 38.2 Å². The molecule has 1 aliphatic heterocycles. The Morgan fingerprint density at radius 1 is 1.25 bits per heavy atom. The van der Waals surface area contributed by atoms with Crippen LogP contribution in [0, 0.1) is 0 Å². The fourth-order valence-corrected chi connectivity index (χ4v) is 3.01. The molecule has 5 heteroatoms. The van der Waals surface area contributed by atoms with Crippen molar-refractivity contribution in [2.24, 2.45) is 0 Å². The van der Waals surface area contributed by atoms with Crippen molar-refractivity contribution in [1.82, 2.24) is 14.9 Å². The molecule has 0 spiro atoms. The molecule has 0 bridgehead atoms. The summed E-state index contributed by atoms with van der Waals surface area (Å²) in [7, 11) is 2.00. The van der Waals surface area contributed by atoms with E-state index in [1.165, 1.54) is 17.5 Å². The molecule has 0 radical (unpaired) electrons. The minimum absolute atomic E-state index is 0.0166. The third kappa shape index (κ3) is 3.55. The highest BCUT2D eigenvalue weighted by Gasteiger charge is 2.23. The minimum atomic E-state index is -0.0166. The molecule has 0 saturated heterocycles. The third-order valence-corrected chi connectivity index (χ3v) is 4.53. The Balaban J connectivity index is 1.74. The molecule has 2 heterocycles. The highest BCUT2D eigenvalue weighted by atomic mass is 16.2. The van der Waals surface area contributed by atoms with E-state index >= 15 is 0 Å². The zero-order valence-electron chi connectivity index (χ0n) is 14.4. The smallest absolute Gasteiger partial charge is 0.272 e. The van der Waals surface area contributed by atoms with Crippen molar-refractivity contribution < 1.29 is 4.79 Å². The maximum absolute atomic E-state index is 12.8. The van der Waals surface area contributed by atoms with E-state index < -0.39 is 0 Å². The summed E-state index contributed by atoms with van der Waals surface area (Å²) in [5.74, 6) is 0.788. The van der Waals surface area contributed by atoms with E-state index in [4.69, 9.17) is 0 Å². The predicted molar refractivity (Wildman–Crippen MR) is 95.1 cm³/mol. The average molecular weight is 324 g/mol. The van der Waals surface area contributed by atoms with Crippen molar-refractivity contribution in [3.8, 4) is 0 Å². The molecule has 0 unspecified atom stereocenters. The number of benzene rings is 1. The molecule has 1 aromatic carbocycles.